The molecule has 23 heavy (non-hydrogen) atoms. The molecule has 0 aliphatic heterocycles. The molecule has 0 bridgehead atoms. The van der Waals surface area contributed by atoms with Crippen molar-refractivity contribution in [1.82, 2.24) is 0 Å². The second-order valence-corrected chi connectivity index (χ2v) is 9.61. The lowest BCUT2D eigenvalue weighted by atomic mass is 10.2. The van der Waals surface area contributed by atoms with Crippen molar-refractivity contribution in [2.75, 3.05) is 6.26 Å². The van der Waals surface area contributed by atoms with E-state index >= 15 is 0 Å². The number of benzene rings is 3. The predicted octanol–water partition coefficient (Wildman–Crippen LogP) is 6.52. The van der Waals surface area contributed by atoms with E-state index in [1.807, 2.05) is 0 Å². The molecule has 0 N–H and O–H groups in total. The van der Waals surface area contributed by atoms with Crippen molar-refractivity contribution in [3.8, 4) is 0 Å². The van der Waals surface area contributed by atoms with Gasteiger partial charge in [0, 0.05) is 0 Å². The summed E-state index contributed by atoms with van der Waals surface area (Å²) in [4.78, 5) is 4.24. The number of rotatable bonds is 3. The SMILES string of the molecule is Cc1ccc(S(C)(c2ccc(C)cc2)c2ccc(C)cc2)cc1. The Kier molecular flexibility index (Phi) is 4.32. The van der Waals surface area contributed by atoms with Crippen LogP contribution in [0.15, 0.2) is 87.5 Å². The molecule has 0 radical (unpaired) electrons. The van der Waals surface area contributed by atoms with Gasteiger partial charge in [0.25, 0.3) is 0 Å². The first-order chi connectivity index (χ1) is 11.0. The van der Waals surface area contributed by atoms with Gasteiger partial charge in [-0.2, -0.15) is 10.0 Å². The molecular weight excluding hydrogens is 296 g/mol. The van der Waals surface area contributed by atoms with Crippen molar-refractivity contribution in [1.29, 1.82) is 0 Å². The molecule has 3 aromatic carbocycles. The monoisotopic (exact) mass is 320 g/mol. The maximum absolute atomic E-state index is 2.41. The molecule has 0 spiro atoms. The molecule has 0 heterocycles. The van der Waals surface area contributed by atoms with Crippen LogP contribution in [0.2, 0.25) is 0 Å². The third-order valence-electron chi connectivity index (χ3n) is 4.48. The molecule has 0 unspecified atom stereocenters. The smallest absolute Gasteiger partial charge is 0.00210 e. The first kappa shape index (κ1) is 15.9. The third-order valence-corrected chi connectivity index (χ3v) is 8.12. The average molecular weight is 321 g/mol. The van der Waals surface area contributed by atoms with Crippen molar-refractivity contribution < 1.29 is 0 Å². The molecule has 0 fully saturated rings. The standard InChI is InChI=1S/C22H24S/c1-17-5-11-20(12-6-17)23(4,21-13-7-18(2)8-14-21)22-15-9-19(3)10-16-22/h5-16H,1-4H3. The van der Waals surface area contributed by atoms with Crippen LogP contribution in [0, 0.1) is 20.8 Å². The van der Waals surface area contributed by atoms with Gasteiger partial charge in [-0.3, -0.25) is 0 Å². The highest BCUT2D eigenvalue weighted by Crippen LogP contribution is 2.65. The summed E-state index contributed by atoms with van der Waals surface area (Å²) in [5.41, 5.74) is 3.93. The zero-order valence-corrected chi connectivity index (χ0v) is 15.2. The van der Waals surface area contributed by atoms with Gasteiger partial charge in [-0.05, 0) is 78.1 Å². The lowest BCUT2D eigenvalue weighted by Crippen LogP contribution is -2.02. The molecule has 0 nitrogen and oxygen atoms in total. The average Bonchev–Trinajstić information content (AvgIpc) is 2.56. The normalized spacial score (nSPS) is 12.2. The molecular formula is C22H24S. The lowest BCUT2D eigenvalue weighted by Gasteiger charge is -2.37. The van der Waals surface area contributed by atoms with E-state index in [4.69, 9.17) is 0 Å². The van der Waals surface area contributed by atoms with Crippen LogP contribution < -0.4 is 0 Å². The summed E-state index contributed by atoms with van der Waals surface area (Å²) in [6.45, 7) is 6.44. The van der Waals surface area contributed by atoms with Gasteiger partial charge in [0.15, 0.2) is 0 Å². The zero-order chi connectivity index (χ0) is 16.4. The van der Waals surface area contributed by atoms with E-state index in [1.54, 1.807) is 0 Å². The van der Waals surface area contributed by atoms with Crippen molar-refractivity contribution in [3.63, 3.8) is 0 Å². The van der Waals surface area contributed by atoms with Crippen LogP contribution in [0.5, 0.6) is 0 Å². The minimum atomic E-state index is -1.23. The quantitative estimate of drug-likeness (QED) is 0.515. The Balaban J connectivity index is 2.21. The van der Waals surface area contributed by atoms with Gasteiger partial charge in [0.1, 0.15) is 0 Å². The fourth-order valence-electron chi connectivity index (χ4n) is 2.84. The van der Waals surface area contributed by atoms with Crippen LogP contribution in [-0.2, 0) is 0 Å². The second-order valence-electron chi connectivity index (χ2n) is 6.36. The van der Waals surface area contributed by atoms with Crippen molar-refractivity contribution in [2.24, 2.45) is 0 Å². The van der Waals surface area contributed by atoms with Gasteiger partial charge < -0.3 is 0 Å². The van der Waals surface area contributed by atoms with E-state index in [0.717, 1.165) is 0 Å². The van der Waals surface area contributed by atoms with Crippen LogP contribution in [0.1, 0.15) is 16.7 Å². The van der Waals surface area contributed by atoms with Crippen molar-refractivity contribution >= 4 is 10.0 Å². The Hall–Kier alpha value is -1.99. The minimum absolute atomic E-state index is 1.23. The first-order valence-corrected chi connectivity index (χ1v) is 10.0. The predicted molar refractivity (Wildman–Crippen MR) is 102 cm³/mol. The van der Waals surface area contributed by atoms with Gasteiger partial charge >= 0.3 is 0 Å². The number of hydrogen-bond donors (Lipinski definition) is 0. The Bertz CT molecular complexity index is 670. The largest absolute Gasteiger partial charge is 0.163 e. The van der Waals surface area contributed by atoms with Gasteiger partial charge in [0.05, 0.1) is 0 Å². The summed E-state index contributed by atoms with van der Waals surface area (Å²) in [6, 6.07) is 27.1. The van der Waals surface area contributed by atoms with E-state index in [9.17, 15) is 0 Å². The zero-order valence-electron chi connectivity index (χ0n) is 14.3. The van der Waals surface area contributed by atoms with Crippen LogP contribution in [-0.4, -0.2) is 6.26 Å². The van der Waals surface area contributed by atoms with Crippen LogP contribution >= 0.6 is 10.0 Å². The molecule has 0 aliphatic rings. The molecule has 0 aromatic heterocycles. The maximum atomic E-state index is 2.41. The van der Waals surface area contributed by atoms with Gasteiger partial charge in [-0.1, -0.05) is 53.1 Å². The van der Waals surface area contributed by atoms with Gasteiger partial charge in [0.2, 0.25) is 0 Å². The van der Waals surface area contributed by atoms with Gasteiger partial charge in [-0.15, -0.1) is 0 Å². The first-order valence-electron chi connectivity index (χ1n) is 7.98. The molecule has 3 rings (SSSR count). The summed E-state index contributed by atoms with van der Waals surface area (Å²) < 4.78 is 0. The van der Waals surface area contributed by atoms with Gasteiger partial charge in [-0.25, -0.2) is 0 Å². The second kappa shape index (κ2) is 6.25. The summed E-state index contributed by atoms with van der Waals surface area (Å²) in [6.07, 6.45) is 2.41. The molecule has 1 heteroatoms. The van der Waals surface area contributed by atoms with Crippen molar-refractivity contribution in [3.05, 3.63) is 89.5 Å². The highest BCUT2D eigenvalue weighted by molar-refractivity contribution is 8.33. The minimum Gasteiger partial charge on any atom is -0.163 e. The van der Waals surface area contributed by atoms with Crippen LogP contribution in [0.25, 0.3) is 0 Å². The molecule has 0 aliphatic carbocycles. The summed E-state index contributed by atoms with van der Waals surface area (Å²) in [7, 11) is -1.23. The highest BCUT2D eigenvalue weighted by atomic mass is 32.3. The molecule has 0 saturated carbocycles. The van der Waals surface area contributed by atoms with Crippen molar-refractivity contribution in [2.45, 2.75) is 35.5 Å². The summed E-state index contributed by atoms with van der Waals surface area (Å²) in [5, 5.41) is 0. The van der Waals surface area contributed by atoms with Crippen LogP contribution in [0.3, 0.4) is 0 Å². The Morgan fingerprint density at radius 1 is 0.435 bits per heavy atom. The van der Waals surface area contributed by atoms with E-state index in [2.05, 4.69) is 99.8 Å². The fraction of sp³-hybridized carbons (Fsp3) is 0.182. The fourth-order valence-corrected chi connectivity index (χ4v) is 5.70. The molecule has 3 aromatic rings. The number of aryl methyl sites for hydroxylation is 3. The Morgan fingerprint density at radius 3 is 0.870 bits per heavy atom. The molecule has 0 amide bonds. The molecule has 118 valence electrons. The molecule has 0 saturated heterocycles. The highest BCUT2D eigenvalue weighted by Gasteiger charge is 2.25. The number of hydrogen-bond acceptors (Lipinski definition) is 0. The topological polar surface area (TPSA) is 0 Å². The Morgan fingerprint density at radius 2 is 0.652 bits per heavy atom. The van der Waals surface area contributed by atoms with Crippen LogP contribution in [0.4, 0.5) is 0 Å². The summed E-state index contributed by atoms with van der Waals surface area (Å²) in [5.74, 6) is 0. The van der Waals surface area contributed by atoms with E-state index in [-0.39, 0.29) is 0 Å². The maximum Gasteiger partial charge on any atom is -0.00210 e. The summed E-state index contributed by atoms with van der Waals surface area (Å²) >= 11 is 0. The van der Waals surface area contributed by atoms with E-state index in [0.29, 0.717) is 0 Å². The molecule has 0 atom stereocenters. The lowest BCUT2D eigenvalue weighted by molar-refractivity contribution is 1.26. The van der Waals surface area contributed by atoms with E-state index < -0.39 is 10.0 Å². The Labute approximate surface area is 141 Å². The van der Waals surface area contributed by atoms with E-state index in [1.165, 1.54) is 31.4 Å². The third kappa shape index (κ3) is 3.07.